The summed E-state index contributed by atoms with van der Waals surface area (Å²) < 4.78 is 16.5. The summed E-state index contributed by atoms with van der Waals surface area (Å²) in [4.78, 5) is 17.3. The van der Waals surface area contributed by atoms with Gasteiger partial charge in [0.2, 0.25) is 0 Å². The van der Waals surface area contributed by atoms with Crippen LogP contribution in [-0.2, 0) is 9.47 Å². The van der Waals surface area contributed by atoms with Crippen molar-refractivity contribution in [3.05, 3.63) is 24.3 Å². The number of hydrogen-bond acceptors (Lipinski definition) is 6. The quantitative estimate of drug-likeness (QED) is 0.649. The number of hydrogen-bond donors (Lipinski definition) is 2. The fraction of sp³-hybridized carbons (Fsp3) is 0.696. The van der Waals surface area contributed by atoms with Gasteiger partial charge < -0.3 is 29.7 Å². The van der Waals surface area contributed by atoms with Gasteiger partial charge in [-0.15, -0.1) is 0 Å². The zero-order valence-corrected chi connectivity index (χ0v) is 18.6. The number of carbonyl (C=O) groups excluding carboxylic acids is 1. The lowest BCUT2D eigenvalue weighted by Crippen LogP contribution is -2.53. The van der Waals surface area contributed by atoms with Gasteiger partial charge in [-0.3, -0.25) is 4.90 Å². The molecule has 3 saturated heterocycles. The third kappa shape index (κ3) is 6.02. The Balaban J connectivity index is 1.21. The SMILES string of the molecule is COc1cccc(N2CCC(CNC(=O)NCC(C3CCOC3)N3CCOCC3)C2)c1. The first-order chi connectivity index (χ1) is 15.2. The van der Waals surface area contributed by atoms with E-state index in [4.69, 9.17) is 14.2 Å². The molecular formula is C23H36N4O4. The topological polar surface area (TPSA) is 75.3 Å². The predicted molar refractivity (Wildman–Crippen MR) is 120 cm³/mol. The van der Waals surface area contributed by atoms with E-state index in [0.717, 1.165) is 71.2 Å². The Morgan fingerprint density at radius 3 is 2.81 bits per heavy atom. The number of methoxy groups -OCH3 is 1. The van der Waals surface area contributed by atoms with Gasteiger partial charge in [0, 0.05) is 69.6 Å². The Bertz CT molecular complexity index is 707. The Hall–Kier alpha value is -2.03. The Morgan fingerprint density at radius 2 is 2.03 bits per heavy atom. The lowest BCUT2D eigenvalue weighted by Gasteiger charge is -2.37. The second kappa shape index (κ2) is 11.0. The van der Waals surface area contributed by atoms with Crippen molar-refractivity contribution in [2.75, 3.05) is 77.7 Å². The first-order valence-electron chi connectivity index (χ1n) is 11.5. The van der Waals surface area contributed by atoms with E-state index in [1.54, 1.807) is 7.11 Å². The highest BCUT2D eigenvalue weighted by Gasteiger charge is 2.32. The fourth-order valence-corrected chi connectivity index (χ4v) is 4.90. The maximum Gasteiger partial charge on any atom is 0.314 e. The molecule has 0 spiro atoms. The van der Waals surface area contributed by atoms with Crippen LogP contribution < -0.4 is 20.3 Å². The molecule has 3 fully saturated rings. The highest BCUT2D eigenvalue weighted by Crippen LogP contribution is 2.26. The van der Waals surface area contributed by atoms with Crippen LogP contribution in [0.2, 0.25) is 0 Å². The van der Waals surface area contributed by atoms with E-state index in [0.29, 0.717) is 31.0 Å². The molecule has 31 heavy (non-hydrogen) atoms. The second-order valence-electron chi connectivity index (χ2n) is 8.73. The monoisotopic (exact) mass is 432 g/mol. The van der Waals surface area contributed by atoms with Crippen LogP contribution in [0, 0.1) is 11.8 Å². The minimum atomic E-state index is -0.0722. The van der Waals surface area contributed by atoms with E-state index >= 15 is 0 Å². The van der Waals surface area contributed by atoms with Crippen LogP contribution in [0.1, 0.15) is 12.8 Å². The molecule has 4 rings (SSSR count). The van der Waals surface area contributed by atoms with Crippen LogP contribution in [0.4, 0.5) is 10.5 Å². The third-order valence-corrected chi connectivity index (χ3v) is 6.75. The van der Waals surface area contributed by atoms with Gasteiger partial charge in [-0.05, 0) is 30.9 Å². The van der Waals surface area contributed by atoms with E-state index in [2.05, 4.69) is 32.6 Å². The summed E-state index contributed by atoms with van der Waals surface area (Å²) in [5.41, 5.74) is 1.18. The summed E-state index contributed by atoms with van der Waals surface area (Å²) >= 11 is 0. The molecule has 2 amide bonds. The van der Waals surface area contributed by atoms with Gasteiger partial charge in [0.05, 0.1) is 26.9 Å². The van der Waals surface area contributed by atoms with Crippen LogP contribution in [0.25, 0.3) is 0 Å². The van der Waals surface area contributed by atoms with Crippen LogP contribution in [0.5, 0.6) is 5.75 Å². The molecular weight excluding hydrogens is 396 g/mol. The van der Waals surface area contributed by atoms with Crippen molar-refractivity contribution in [3.8, 4) is 5.75 Å². The number of anilines is 1. The van der Waals surface area contributed by atoms with Crippen molar-refractivity contribution in [2.24, 2.45) is 11.8 Å². The van der Waals surface area contributed by atoms with Gasteiger partial charge >= 0.3 is 6.03 Å². The molecule has 1 aromatic carbocycles. The van der Waals surface area contributed by atoms with E-state index in [-0.39, 0.29) is 6.03 Å². The summed E-state index contributed by atoms with van der Waals surface area (Å²) in [5.74, 6) is 1.81. The molecule has 8 nitrogen and oxygen atoms in total. The normalized spacial score (nSPS) is 25.4. The van der Waals surface area contributed by atoms with Gasteiger partial charge in [-0.1, -0.05) is 6.07 Å². The minimum absolute atomic E-state index is 0.0722. The molecule has 3 unspecified atom stereocenters. The molecule has 3 heterocycles. The fourth-order valence-electron chi connectivity index (χ4n) is 4.90. The smallest absolute Gasteiger partial charge is 0.314 e. The molecule has 2 N–H and O–H groups in total. The average Bonchev–Trinajstić information content (AvgIpc) is 3.51. The van der Waals surface area contributed by atoms with Crippen LogP contribution in [-0.4, -0.2) is 89.8 Å². The lowest BCUT2D eigenvalue weighted by atomic mass is 9.97. The number of ether oxygens (including phenoxy) is 3. The van der Waals surface area contributed by atoms with Gasteiger partial charge in [0.25, 0.3) is 0 Å². The summed E-state index contributed by atoms with van der Waals surface area (Å²) in [5, 5.41) is 6.21. The number of carbonyl (C=O) groups is 1. The molecule has 0 bridgehead atoms. The highest BCUT2D eigenvalue weighted by atomic mass is 16.5. The van der Waals surface area contributed by atoms with E-state index in [1.807, 2.05) is 12.1 Å². The summed E-state index contributed by atoms with van der Waals surface area (Å²) in [6, 6.07) is 8.41. The summed E-state index contributed by atoms with van der Waals surface area (Å²) in [7, 11) is 1.69. The van der Waals surface area contributed by atoms with E-state index in [9.17, 15) is 4.79 Å². The molecule has 0 aliphatic carbocycles. The minimum Gasteiger partial charge on any atom is -0.497 e. The van der Waals surface area contributed by atoms with Crippen molar-refractivity contribution < 1.29 is 19.0 Å². The molecule has 0 saturated carbocycles. The van der Waals surface area contributed by atoms with Crippen molar-refractivity contribution in [2.45, 2.75) is 18.9 Å². The standard InChI is InChI=1S/C23H36N4O4/c1-29-21-4-2-3-20(13-21)27-7-5-18(16-27)14-24-23(28)25-15-22(19-6-10-31-17-19)26-8-11-30-12-9-26/h2-4,13,18-19,22H,5-12,14-17H2,1H3,(H2,24,25,28). The Morgan fingerprint density at radius 1 is 1.16 bits per heavy atom. The van der Waals surface area contributed by atoms with Crippen molar-refractivity contribution in [1.82, 2.24) is 15.5 Å². The molecule has 1 aromatic rings. The largest absolute Gasteiger partial charge is 0.497 e. The van der Waals surface area contributed by atoms with Gasteiger partial charge in [-0.25, -0.2) is 4.79 Å². The van der Waals surface area contributed by atoms with E-state index < -0.39 is 0 Å². The van der Waals surface area contributed by atoms with Crippen LogP contribution in [0.15, 0.2) is 24.3 Å². The van der Waals surface area contributed by atoms with Gasteiger partial charge in [0.15, 0.2) is 0 Å². The predicted octanol–water partition coefficient (Wildman–Crippen LogP) is 1.56. The van der Waals surface area contributed by atoms with Crippen LogP contribution >= 0.6 is 0 Å². The average molecular weight is 433 g/mol. The maximum absolute atomic E-state index is 12.5. The lowest BCUT2D eigenvalue weighted by molar-refractivity contribution is 0.00212. The van der Waals surface area contributed by atoms with Gasteiger partial charge in [-0.2, -0.15) is 0 Å². The zero-order valence-electron chi connectivity index (χ0n) is 18.6. The molecule has 172 valence electrons. The van der Waals surface area contributed by atoms with Crippen molar-refractivity contribution >= 4 is 11.7 Å². The number of nitrogens with zero attached hydrogens (tertiary/aromatic N) is 2. The molecule has 0 radical (unpaired) electrons. The first-order valence-corrected chi connectivity index (χ1v) is 11.5. The highest BCUT2D eigenvalue weighted by molar-refractivity contribution is 5.73. The van der Waals surface area contributed by atoms with Crippen molar-refractivity contribution in [3.63, 3.8) is 0 Å². The molecule has 3 atom stereocenters. The van der Waals surface area contributed by atoms with Crippen molar-refractivity contribution in [1.29, 1.82) is 0 Å². The summed E-state index contributed by atoms with van der Waals surface area (Å²) in [6.45, 7) is 8.28. The number of urea groups is 1. The van der Waals surface area contributed by atoms with E-state index in [1.165, 1.54) is 5.69 Å². The van der Waals surface area contributed by atoms with Crippen LogP contribution in [0.3, 0.4) is 0 Å². The number of morpholine rings is 1. The molecule has 3 aliphatic rings. The second-order valence-corrected chi connectivity index (χ2v) is 8.73. The maximum atomic E-state index is 12.5. The molecule has 0 aromatic heterocycles. The zero-order chi connectivity index (χ0) is 21.5. The number of nitrogens with one attached hydrogen (secondary N) is 2. The first kappa shape index (κ1) is 22.2. The number of rotatable bonds is 8. The third-order valence-electron chi connectivity index (χ3n) is 6.75. The molecule has 8 heteroatoms. The Kier molecular flexibility index (Phi) is 7.88. The molecule has 3 aliphatic heterocycles. The summed E-state index contributed by atoms with van der Waals surface area (Å²) in [6.07, 6.45) is 2.14. The van der Waals surface area contributed by atoms with Gasteiger partial charge in [0.1, 0.15) is 5.75 Å². The number of amides is 2. The number of benzene rings is 1. The Labute approximate surface area is 185 Å².